The molecule has 2 N–H and O–H groups in total. The van der Waals surface area contributed by atoms with E-state index in [1.165, 1.54) is 0 Å². The number of nitrogens with zero attached hydrogens (tertiary/aromatic N) is 4. The average molecular weight is 475 g/mol. The topological polar surface area (TPSA) is 102 Å². The molecular formula is C23H24F3N5O3. The Morgan fingerprint density at radius 2 is 1.71 bits per heavy atom. The maximum absolute atomic E-state index is 12.9. The summed E-state index contributed by atoms with van der Waals surface area (Å²) in [4.78, 5) is 21.8. The molecule has 1 amide bonds. The Bertz CT molecular complexity index is 1310. The van der Waals surface area contributed by atoms with Crippen molar-refractivity contribution < 1.29 is 27.9 Å². The predicted octanol–water partition coefficient (Wildman–Crippen LogP) is 4.06. The van der Waals surface area contributed by atoms with Gasteiger partial charge >= 0.3 is 12.1 Å². The number of fused-ring (bicyclic) bond motifs is 3. The first-order chi connectivity index (χ1) is 16.0. The van der Waals surface area contributed by atoms with Gasteiger partial charge in [-0.05, 0) is 36.6 Å². The standard InChI is InChI=1S/C21H23N5O.C2HF3O2/c1-14(2)12-22-21(27)19-11-18-17(9-10-20-24-23-15(3)26(18)20)25(19)13-16-7-5-4-6-8-16;3-2(4,5)1(6)7/h4-11,14H,12-13H2,1-3H3,(H,22,27);(H,6,7). The summed E-state index contributed by atoms with van der Waals surface area (Å²) in [5.74, 6) is -1.61. The van der Waals surface area contributed by atoms with Gasteiger partial charge in [-0.2, -0.15) is 13.2 Å². The van der Waals surface area contributed by atoms with Crippen LogP contribution in [0.1, 0.15) is 35.7 Å². The Hall–Kier alpha value is -3.89. The summed E-state index contributed by atoms with van der Waals surface area (Å²) in [5.41, 5.74) is 4.51. The van der Waals surface area contributed by atoms with Crippen LogP contribution in [0.2, 0.25) is 0 Å². The SMILES string of the molecule is Cc1nnc2ccc3c(cc(C(=O)NCC(C)C)n3Cc3ccccc3)n12.O=C(O)C(F)(F)F. The normalized spacial score (nSPS) is 11.5. The van der Waals surface area contributed by atoms with E-state index in [0.29, 0.717) is 24.7 Å². The lowest BCUT2D eigenvalue weighted by Gasteiger charge is -2.12. The van der Waals surface area contributed by atoms with Crippen molar-refractivity contribution in [2.24, 2.45) is 5.92 Å². The highest BCUT2D eigenvalue weighted by Crippen LogP contribution is 2.24. The molecule has 0 spiro atoms. The number of aliphatic carboxylic acids is 1. The van der Waals surface area contributed by atoms with Crippen LogP contribution in [0.4, 0.5) is 13.2 Å². The van der Waals surface area contributed by atoms with Gasteiger partial charge in [-0.1, -0.05) is 44.2 Å². The number of carboxylic acid groups (broad SMARTS) is 1. The van der Waals surface area contributed by atoms with Gasteiger partial charge in [-0.3, -0.25) is 9.20 Å². The number of aryl methyl sites for hydroxylation is 1. The van der Waals surface area contributed by atoms with Gasteiger partial charge in [0.05, 0.1) is 11.0 Å². The van der Waals surface area contributed by atoms with E-state index in [-0.39, 0.29) is 5.91 Å². The van der Waals surface area contributed by atoms with Crippen LogP contribution < -0.4 is 5.32 Å². The fourth-order valence-corrected chi connectivity index (χ4v) is 3.35. The summed E-state index contributed by atoms with van der Waals surface area (Å²) in [6.45, 7) is 7.37. The monoisotopic (exact) mass is 475 g/mol. The average Bonchev–Trinajstić information content (AvgIpc) is 3.33. The molecule has 3 aromatic heterocycles. The van der Waals surface area contributed by atoms with Crippen LogP contribution in [0.15, 0.2) is 48.5 Å². The Balaban J connectivity index is 0.000000406. The minimum absolute atomic E-state index is 0.0605. The summed E-state index contributed by atoms with van der Waals surface area (Å²) in [6.07, 6.45) is -5.08. The molecule has 0 unspecified atom stereocenters. The van der Waals surface area contributed by atoms with Crippen molar-refractivity contribution >= 4 is 28.6 Å². The molecule has 1 aromatic carbocycles. The molecule has 0 saturated heterocycles. The van der Waals surface area contributed by atoms with Crippen molar-refractivity contribution in [3.63, 3.8) is 0 Å². The van der Waals surface area contributed by atoms with Gasteiger partial charge in [-0.15, -0.1) is 10.2 Å². The van der Waals surface area contributed by atoms with Crippen LogP contribution >= 0.6 is 0 Å². The Labute approximate surface area is 193 Å². The van der Waals surface area contributed by atoms with E-state index in [4.69, 9.17) is 9.90 Å². The Kier molecular flexibility index (Phi) is 7.23. The molecule has 8 nitrogen and oxygen atoms in total. The second kappa shape index (κ2) is 9.94. The highest BCUT2D eigenvalue weighted by molar-refractivity contribution is 5.98. The lowest BCUT2D eigenvalue weighted by molar-refractivity contribution is -0.192. The molecule has 0 saturated carbocycles. The number of pyridine rings is 1. The number of amides is 1. The number of carboxylic acids is 1. The first-order valence-electron chi connectivity index (χ1n) is 10.4. The molecule has 0 fully saturated rings. The number of halogens is 3. The van der Waals surface area contributed by atoms with Gasteiger partial charge in [-0.25, -0.2) is 4.79 Å². The van der Waals surface area contributed by atoms with Gasteiger partial charge in [0.2, 0.25) is 0 Å². The van der Waals surface area contributed by atoms with Gasteiger partial charge in [0.15, 0.2) is 5.65 Å². The predicted molar refractivity (Wildman–Crippen MR) is 120 cm³/mol. The quantitative estimate of drug-likeness (QED) is 0.453. The molecular weight excluding hydrogens is 451 g/mol. The summed E-state index contributed by atoms with van der Waals surface area (Å²) in [7, 11) is 0. The zero-order valence-corrected chi connectivity index (χ0v) is 18.8. The third kappa shape index (κ3) is 5.53. The molecule has 180 valence electrons. The fourth-order valence-electron chi connectivity index (χ4n) is 3.35. The second-order valence-electron chi connectivity index (χ2n) is 8.05. The molecule has 0 aliphatic heterocycles. The Morgan fingerprint density at radius 1 is 1.06 bits per heavy atom. The minimum Gasteiger partial charge on any atom is -0.475 e. The van der Waals surface area contributed by atoms with Crippen LogP contribution in [-0.4, -0.2) is 48.9 Å². The number of benzene rings is 1. The Morgan fingerprint density at radius 3 is 2.29 bits per heavy atom. The number of aromatic nitrogens is 4. The van der Waals surface area contributed by atoms with E-state index >= 15 is 0 Å². The molecule has 34 heavy (non-hydrogen) atoms. The van der Waals surface area contributed by atoms with Crippen molar-refractivity contribution in [3.8, 4) is 0 Å². The first-order valence-corrected chi connectivity index (χ1v) is 10.4. The van der Waals surface area contributed by atoms with Crippen LogP contribution in [-0.2, 0) is 11.3 Å². The van der Waals surface area contributed by atoms with E-state index in [9.17, 15) is 18.0 Å². The number of hydrogen-bond donors (Lipinski definition) is 2. The third-order valence-corrected chi connectivity index (χ3v) is 4.93. The van der Waals surface area contributed by atoms with E-state index in [0.717, 1.165) is 28.1 Å². The summed E-state index contributed by atoms with van der Waals surface area (Å²) < 4.78 is 35.8. The van der Waals surface area contributed by atoms with Crippen LogP contribution in [0.3, 0.4) is 0 Å². The smallest absolute Gasteiger partial charge is 0.475 e. The lowest BCUT2D eigenvalue weighted by atomic mass is 10.2. The number of rotatable bonds is 5. The van der Waals surface area contributed by atoms with E-state index in [2.05, 4.69) is 46.1 Å². The molecule has 0 aliphatic carbocycles. The van der Waals surface area contributed by atoms with Gasteiger partial charge < -0.3 is 15.0 Å². The molecule has 11 heteroatoms. The number of alkyl halides is 3. The third-order valence-electron chi connectivity index (χ3n) is 4.93. The molecule has 4 aromatic rings. The van der Waals surface area contributed by atoms with Crippen LogP contribution in [0, 0.1) is 12.8 Å². The molecule has 0 radical (unpaired) electrons. The maximum Gasteiger partial charge on any atom is 0.490 e. The zero-order valence-electron chi connectivity index (χ0n) is 18.8. The molecule has 0 atom stereocenters. The number of carbonyl (C=O) groups is 2. The number of nitrogens with one attached hydrogen (secondary N) is 1. The van der Waals surface area contributed by atoms with Crippen LogP contribution in [0.5, 0.6) is 0 Å². The maximum atomic E-state index is 12.9. The lowest BCUT2D eigenvalue weighted by Crippen LogP contribution is -2.29. The molecule has 0 bridgehead atoms. The fraction of sp³-hybridized carbons (Fsp3) is 0.304. The van der Waals surface area contributed by atoms with Crippen molar-refractivity contribution in [1.29, 1.82) is 0 Å². The summed E-state index contributed by atoms with van der Waals surface area (Å²) in [5, 5.41) is 18.5. The van der Waals surface area contributed by atoms with E-state index < -0.39 is 12.1 Å². The number of hydrogen-bond acceptors (Lipinski definition) is 4. The zero-order chi connectivity index (χ0) is 25.0. The van der Waals surface area contributed by atoms with Gasteiger partial charge in [0.1, 0.15) is 11.5 Å². The largest absolute Gasteiger partial charge is 0.490 e. The van der Waals surface area contributed by atoms with Crippen molar-refractivity contribution in [2.75, 3.05) is 6.54 Å². The van der Waals surface area contributed by atoms with Gasteiger partial charge in [0, 0.05) is 13.1 Å². The molecule has 0 aliphatic rings. The first kappa shape index (κ1) is 24.7. The van der Waals surface area contributed by atoms with E-state index in [1.54, 1.807) is 0 Å². The minimum atomic E-state index is -5.08. The molecule has 3 heterocycles. The van der Waals surface area contributed by atoms with Crippen molar-refractivity contribution in [2.45, 2.75) is 33.5 Å². The summed E-state index contributed by atoms with van der Waals surface area (Å²) in [6, 6.07) is 16.1. The van der Waals surface area contributed by atoms with Crippen molar-refractivity contribution in [3.05, 3.63) is 65.6 Å². The number of carbonyl (C=O) groups excluding carboxylic acids is 1. The van der Waals surface area contributed by atoms with E-state index in [1.807, 2.05) is 47.7 Å². The second-order valence-corrected chi connectivity index (χ2v) is 8.05. The summed E-state index contributed by atoms with van der Waals surface area (Å²) >= 11 is 0. The van der Waals surface area contributed by atoms with Gasteiger partial charge in [0.25, 0.3) is 5.91 Å². The van der Waals surface area contributed by atoms with Crippen LogP contribution in [0.25, 0.3) is 16.7 Å². The van der Waals surface area contributed by atoms with Crippen molar-refractivity contribution in [1.82, 2.24) is 24.5 Å². The highest BCUT2D eigenvalue weighted by Gasteiger charge is 2.38. The molecule has 4 rings (SSSR count). The highest BCUT2D eigenvalue weighted by atomic mass is 19.4.